The van der Waals surface area contributed by atoms with Crippen molar-refractivity contribution in [1.82, 2.24) is 0 Å². The molecule has 0 aromatic carbocycles. The average molecular weight is 382 g/mol. The van der Waals surface area contributed by atoms with Crippen LogP contribution in [0.3, 0.4) is 0 Å². The molecule has 0 atom stereocenters. The van der Waals surface area contributed by atoms with E-state index in [0.29, 0.717) is 11.8 Å². The van der Waals surface area contributed by atoms with E-state index < -0.39 is 36.4 Å². The molecule has 4 fully saturated rings. The van der Waals surface area contributed by atoms with Crippen LogP contribution >= 0.6 is 0 Å². The molecule has 4 bridgehead atoms. The summed E-state index contributed by atoms with van der Waals surface area (Å²) >= 11 is 0. The lowest BCUT2D eigenvalue weighted by atomic mass is 9.55. The molecule has 10 heteroatoms. The van der Waals surface area contributed by atoms with Gasteiger partial charge >= 0.3 is 29.8 Å². The van der Waals surface area contributed by atoms with Crippen LogP contribution in [-0.4, -0.2) is 47.6 Å². The molecule has 0 aromatic rings. The summed E-state index contributed by atoms with van der Waals surface area (Å²) in [5, 5.41) is 8.11. The molecule has 0 aliphatic heterocycles. The quantitative estimate of drug-likeness (QED) is 0.560. The monoisotopic (exact) mass is 382 g/mol. The van der Waals surface area contributed by atoms with Gasteiger partial charge in [-0.05, 0) is 55.8 Å². The van der Waals surface area contributed by atoms with Crippen LogP contribution in [-0.2, 0) is 23.9 Å². The molecule has 4 aliphatic carbocycles. The molecule has 0 radical (unpaired) electrons. The molecule has 4 rings (SSSR count). The SMILES string of the molecule is O=C(COC(=O)C(F)(F)C(F)(F)C(=O)O)OC1C2CC3CC(C2)CC1C3. The summed E-state index contributed by atoms with van der Waals surface area (Å²) < 4.78 is 61.4. The minimum atomic E-state index is -5.64. The molecule has 26 heavy (non-hydrogen) atoms. The highest BCUT2D eigenvalue weighted by molar-refractivity contribution is 5.90. The van der Waals surface area contributed by atoms with Crippen LogP contribution < -0.4 is 0 Å². The van der Waals surface area contributed by atoms with Gasteiger partial charge in [0.15, 0.2) is 6.61 Å². The number of aliphatic carboxylic acids is 1. The number of carbonyl (C=O) groups excluding carboxylic acids is 2. The number of alkyl halides is 4. The highest BCUT2D eigenvalue weighted by Gasteiger charge is 2.68. The Morgan fingerprint density at radius 3 is 1.85 bits per heavy atom. The zero-order chi connectivity index (χ0) is 19.3. The number of rotatable bonds is 6. The highest BCUT2D eigenvalue weighted by atomic mass is 19.3. The van der Waals surface area contributed by atoms with Gasteiger partial charge in [-0.2, -0.15) is 17.6 Å². The predicted octanol–water partition coefficient (Wildman–Crippen LogP) is 2.25. The van der Waals surface area contributed by atoms with Gasteiger partial charge in [0.05, 0.1) is 0 Å². The standard InChI is InChI=1S/C16H18F4O6/c17-15(18,13(22)23)16(19,20)14(24)25-6-11(21)26-12-9-2-7-1-8(4-9)5-10(12)3-7/h7-10,12H,1-6H2,(H,22,23). The van der Waals surface area contributed by atoms with Crippen molar-refractivity contribution >= 4 is 17.9 Å². The normalized spacial score (nSPS) is 33.0. The molecule has 4 aliphatic rings. The molecule has 0 unspecified atom stereocenters. The Hall–Kier alpha value is -1.87. The number of carbonyl (C=O) groups is 3. The van der Waals surface area contributed by atoms with Crippen molar-refractivity contribution in [1.29, 1.82) is 0 Å². The third-order valence-electron chi connectivity index (χ3n) is 5.65. The molecule has 4 saturated carbocycles. The van der Waals surface area contributed by atoms with Gasteiger partial charge in [-0.15, -0.1) is 0 Å². The van der Waals surface area contributed by atoms with E-state index in [0.717, 1.165) is 25.7 Å². The fourth-order valence-electron chi connectivity index (χ4n) is 4.73. The second-order valence-corrected chi connectivity index (χ2v) is 7.42. The molecule has 1 N–H and O–H groups in total. The zero-order valence-electron chi connectivity index (χ0n) is 13.6. The van der Waals surface area contributed by atoms with E-state index in [1.54, 1.807) is 0 Å². The summed E-state index contributed by atoms with van der Waals surface area (Å²) in [4.78, 5) is 33.1. The van der Waals surface area contributed by atoms with Crippen molar-refractivity contribution in [3.05, 3.63) is 0 Å². The Kier molecular flexibility index (Phi) is 4.64. The first-order valence-electron chi connectivity index (χ1n) is 8.38. The van der Waals surface area contributed by atoms with Gasteiger partial charge in [0.2, 0.25) is 0 Å². The van der Waals surface area contributed by atoms with Crippen molar-refractivity contribution in [2.24, 2.45) is 23.7 Å². The molecule has 6 nitrogen and oxygen atoms in total. The number of hydrogen-bond acceptors (Lipinski definition) is 5. The van der Waals surface area contributed by atoms with Crippen LogP contribution in [0.4, 0.5) is 17.6 Å². The summed E-state index contributed by atoms with van der Waals surface area (Å²) in [5.74, 6) is -16.7. The third-order valence-corrected chi connectivity index (χ3v) is 5.65. The van der Waals surface area contributed by atoms with Gasteiger partial charge in [0.25, 0.3) is 0 Å². The Bertz CT molecular complexity index is 592. The van der Waals surface area contributed by atoms with E-state index in [9.17, 15) is 31.9 Å². The number of halogens is 4. The van der Waals surface area contributed by atoms with Crippen LogP contribution in [0.5, 0.6) is 0 Å². The Labute approximate surface area is 145 Å². The Morgan fingerprint density at radius 1 is 0.885 bits per heavy atom. The topological polar surface area (TPSA) is 89.9 Å². The summed E-state index contributed by atoms with van der Waals surface area (Å²) in [7, 11) is 0. The third kappa shape index (κ3) is 3.14. The summed E-state index contributed by atoms with van der Waals surface area (Å²) in [5.41, 5.74) is 0. The van der Waals surface area contributed by atoms with Crippen molar-refractivity contribution in [3.63, 3.8) is 0 Å². The summed E-state index contributed by atoms with van der Waals surface area (Å²) in [6.45, 7) is -1.27. The smallest absolute Gasteiger partial charge is 0.415 e. The minimum Gasteiger partial charge on any atom is -0.477 e. The molecule has 146 valence electrons. The second kappa shape index (κ2) is 6.38. The first-order chi connectivity index (χ1) is 12.0. The van der Waals surface area contributed by atoms with Gasteiger partial charge in [-0.25, -0.2) is 14.4 Å². The fraction of sp³-hybridized carbons (Fsp3) is 0.812. The number of esters is 2. The number of ether oxygens (including phenoxy) is 2. The number of hydrogen-bond donors (Lipinski definition) is 1. The maximum absolute atomic E-state index is 13.2. The van der Waals surface area contributed by atoms with Crippen molar-refractivity contribution < 1.29 is 46.5 Å². The Morgan fingerprint density at radius 2 is 1.38 bits per heavy atom. The molecule has 0 amide bonds. The van der Waals surface area contributed by atoms with Crippen molar-refractivity contribution in [2.45, 2.75) is 50.1 Å². The number of carboxylic acid groups (broad SMARTS) is 1. The van der Waals surface area contributed by atoms with E-state index >= 15 is 0 Å². The van der Waals surface area contributed by atoms with Gasteiger partial charge in [-0.3, -0.25) is 0 Å². The number of carboxylic acids is 1. The average Bonchev–Trinajstić information content (AvgIpc) is 2.54. The van der Waals surface area contributed by atoms with E-state index in [4.69, 9.17) is 9.84 Å². The van der Waals surface area contributed by atoms with Gasteiger partial charge in [0, 0.05) is 0 Å². The van der Waals surface area contributed by atoms with Crippen LogP contribution in [0.1, 0.15) is 32.1 Å². The van der Waals surface area contributed by atoms with Crippen LogP contribution in [0, 0.1) is 23.7 Å². The van der Waals surface area contributed by atoms with Crippen molar-refractivity contribution in [3.8, 4) is 0 Å². The molecule has 0 aromatic heterocycles. The molecule has 0 heterocycles. The van der Waals surface area contributed by atoms with E-state index in [2.05, 4.69) is 4.74 Å². The maximum atomic E-state index is 13.2. The van der Waals surface area contributed by atoms with Gasteiger partial charge in [0.1, 0.15) is 6.10 Å². The summed E-state index contributed by atoms with van der Waals surface area (Å²) in [6, 6.07) is 0. The molecular weight excluding hydrogens is 364 g/mol. The predicted molar refractivity (Wildman–Crippen MR) is 75.4 cm³/mol. The lowest BCUT2D eigenvalue weighted by Crippen LogP contribution is -2.53. The van der Waals surface area contributed by atoms with Crippen LogP contribution in [0.15, 0.2) is 0 Å². The van der Waals surface area contributed by atoms with Crippen LogP contribution in [0.2, 0.25) is 0 Å². The van der Waals surface area contributed by atoms with E-state index in [1.807, 2.05) is 0 Å². The maximum Gasteiger partial charge on any atom is 0.415 e. The van der Waals surface area contributed by atoms with Gasteiger partial charge < -0.3 is 14.6 Å². The fourth-order valence-corrected chi connectivity index (χ4v) is 4.73. The summed E-state index contributed by atoms with van der Waals surface area (Å²) in [6.07, 6.45) is 4.50. The first-order valence-corrected chi connectivity index (χ1v) is 8.38. The first kappa shape index (κ1) is 18.9. The Balaban J connectivity index is 1.53. The second-order valence-electron chi connectivity index (χ2n) is 7.42. The molecule has 0 spiro atoms. The molecule has 0 saturated heterocycles. The highest BCUT2D eigenvalue weighted by Crippen LogP contribution is 2.54. The van der Waals surface area contributed by atoms with Gasteiger partial charge in [-0.1, -0.05) is 0 Å². The van der Waals surface area contributed by atoms with E-state index in [1.165, 1.54) is 6.42 Å². The minimum absolute atomic E-state index is 0.184. The zero-order valence-corrected chi connectivity index (χ0v) is 13.6. The lowest BCUT2D eigenvalue weighted by molar-refractivity contribution is -0.235. The van der Waals surface area contributed by atoms with E-state index in [-0.39, 0.29) is 17.9 Å². The largest absolute Gasteiger partial charge is 0.477 e. The van der Waals surface area contributed by atoms with Crippen LogP contribution in [0.25, 0.3) is 0 Å². The molecular formula is C16H18F4O6. The lowest BCUT2D eigenvalue weighted by Gasteiger charge is -2.53. The van der Waals surface area contributed by atoms with Crippen molar-refractivity contribution in [2.75, 3.05) is 6.61 Å².